The van der Waals surface area contributed by atoms with Gasteiger partial charge in [0.25, 0.3) is 0 Å². The highest BCUT2D eigenvalue weighted by molar-refractivity contribution is 6.00. The summed E-state index contributed by atoms with van der Waals surface area (Å²) in [7, 11) is 0. The Morgan fingerprint density at radius 2 is 1.27 bits per heavy atom. The van der Waals surface area contributed by atoms with E-state index in [1.807, 2.05) is 36.4 Å². The van der Waals surface area contributed by atoms with E-state index in [0.717, 1.165) is 83.7 Å². The molecule has 2 aromatic heterocycles. The van der Waals surface area contributed by atoms with Crippen LogP contribution in [0.2, 0.25) is 0 Å². The lowest BCUT2D eigenvalue weighted by Crippen LogP contribution is -2.18. The Bertz CT molecular complexity index is 1350. The van der Waals surface area contributed by atoms with Crippen LogP contribution in [0, 0.1) is 0 Å². The minimum absolute atomic E-state index is 0.177. The van der Waals surface area contributed by atoms with E-state index in [-0.39, 0.29) is 12.2 Å². The van der Waals surface area contributed by atoms with E-state index in [4.69, 9.17) is 30.9 Å². The second kappa shape index (κ2) is 10.3. The number of H-pyrrole nitrogens is 2. The van der Waals surface area contributed by atoms with Gasteiger partial charge >= 0.3 is 0 Å². The maximum Gasteiger partial charge on any atom is 0.125 e. The van der Waals surface area contributed by atoms with Crippen molar-refractivity contribution < 1.29 is 9.47 Å². The van der Waals surface area contributed by atoms with Gasteiger partial charge in [-0.15, -0.1) is 0 Å². The Labute approximate surface area is 214 Å². The summed E-state index contributed by atoms with van der Waals surface area (Å²) in [6.45, 7) is 2.82. The molecule has 2 atom stereocenters. The van der Waals surface area contributed by atoms with Crippen molar-refractivity contribution >= 4 is 33.7 Å². The Kier molecular flexibility index (Phi) is 6.58. The Balaban J connectivity index is 1.15. The third-order valence-corrected chi connectivity index (χ3v) is 6.97. The van der Waals surface area contributed by atoms with Crippen molar-refractivity contribution in [3.05, 3.63) is 59.2 Å². The SMILES string of the molecule is NC(=NCC1CCCO1)c1ccc2nc(Cc3nc4ccc(C(N)=NCC5CCCO5)cc4[nH]3)[nH]c2c1. The van der Waals surface area contributed by atoms with Crippen LogP contribution < -0.4 is 11.5 Å². The van der Waals surface area contributed by atoms with Crippen LogP contribution in [0.1, 0.15) is 48.5 Å². The van der Waals surface area contributed by atoms with E-state index in [2.05, 4.69) is 20.0 Å². The molecule has 0 bridgehead atoms. The van der Waals surface area contributed by atoms with Crippen molar-refractivity contribution in [2.45, 2.75) is 44.3 Å². The van der Waals surface area contributed by atoms with Gasteiger partial charge in [-0.2, -0.15) is 0 Å². The monoisotopic (exact) mass is 500 g/mol. The van der Waals surface area contributed by atoms with Gasteiger partial charge < -0.3 is 30.9 Å². The molecule has 10 nitrogen and oxygen atoms in total. The number of nitrogens with two attached hydrogens (primary N) is 2. The molecule has 2 aliphatic rings. The number of imidazole rings is 2. The van der Waals surface area contributed by atoms with E-state index in [1.165, 1.54) is 0 Å². The lowest BCUT2D eigenvalue weighted by molar-refractivity contribution is 0.117. The molecule has 192 valence electrons. The first-order valence-corrected chi connectivity index (χ1v) is 12.9. The number of nitrogens with one attached hydrogen (secondary N) is 2. The zero-order chi connectivity index (χ0) is 25.2. The molecule has 6 N–H and O–H groups in total. The van der Waals surface area contributed by atoms with Gasteiger partial charge in [-0.3, -0.25) is 9.98 Å². The molecular weight excluding hydrogens is 468 g/mol. The molecule has 6 rings (SSSR count). The zero-order valence-electron chi connectivity index (χ0n) is 20.7. The predicted molar refractivity (Wildman–Crippen MR) is 144 cm³/mol. The summed E-state index contributed by atoms with van der Waals surface area (Å²) in [6.07, 6.45) is 5.16. The van der Waals surface area contributed by atoms with E-state index in [0.29, 0.717) is 31.2 Å². The Morgan fingerprint density at radius 1 is 0.784 bits per heavy atom. The normalized spacial score (nSPS) is 21.0. The van der Waals surface area contributed by atoms with Crippen molar-refractivity contribution in [2.24, 2.45) is 21.5 Å². The summed E-state index contributed by atoms with van der Waals surface area (Å²) in [5.41, 5.74) is 17.8. The molecule has 2 unspecified atom stereocenters. The van der Waals surface area contributed by atoms with Gasteiger partial charge in [0.05, 0.1) is 53.8 Å². The van der Waals surface area contributed by atoms with E-state index < -0.39 is 0 Å². The molecule has 2 aromatic carbocycles. The average molecular weight is 501 g/mol. The van der Waals surface area contributed by atoms with Gasteiger partial charge in [-0.25, -0.2) is 9.97 Å². The van der Waals surface area contributed by atoms with Crippen LogP contribution in [0.25, 0.3) is 22.1 Å². The third-order valence-electron chi connectivity index (χ3n) is 6.97. The lowest BCUT2D eigenvalue weighted by Gasteiger charge is -2.06. The fourth-order valence-electron chi connectivity index (χ4n) is 4.93. The number of fused-ring (bicyclic) bond motifs is 2. The maximum atomic E-state index is 6.24. The van der Waals surface area contributed by atoms with Crippen molar-refractivity contribution in [3.63, 3.8) is 0 Å². The van der Waals surface area contributed by atoms with Gasteiger partial charge in [0.2, 0.25) is 0 Å². The third kappa shape index (κ3) is 5.35. The summed E-state index contributed by atoms with van der Waals surface area (Å²) in [6, 6.07) is 11.8. The molecular formula is C27H32N8O2. The number of hydrogen-bond donors (Lipinski definition) is 4. The zero-order valence-corrected chi connectivity index (χ0v) is 20.7. The molecule has 10 heteroatoms. The molecule has 2 fully saturated rings. The number of benzene rings is 2. The van der Waals surface area contributed by atoms with Gasteiger partial charge in [-0.1, -0.05) is 0 Å². The summed E-state index contributed by atoms with van der Waals surface area (Å²) < 4.78 is 11.3. The van der Waals surface area contributed by atoms with E-state index >= 15 is 0 Å². The second-order valence-corrected chi connectivity index (χ2v) is 9.73. The minimum Gasteiger partial charge on any atom is -0.384 e. The summed E-state index contributed by atoms with van der Waals surface area (Å²) in [5, 5.41) is 0. The highest BCUT2D eigenvalue weighted by Crippen LogP contribution is 2.19. The van der Waals surface area contributed by atoms with Crippen LogP contribution in [0.15, 0.2) is 46.4 Å². The summed E-state index contributed by atoms with van der Waals surface area (Å²) >= 11 is 0. The quantitative estimate of drug-likeness (QED) is 0.216. The van der Waals surface area contributed by atoms with Crippen LogP contribution in [0.4, 0.5) is 0 Å². The molecule has 2 saturated heterocycles. The number of rotatable bonds is 8. The molecule has 37 heavy (non-hydrogen) atoms. The number of nitrogens with zero attached hydrogens (tertiary/aromatic N) is 4. The van der Waals surface area contributed by atoms with Crippen LogP contribution >= 0.6 is 0 Å². The largest absolute Gasteiger partial charge is 0.384 e. The molecule has 0 spiro atoms. The first kappa shape index (κ1) is 23.6. The molecule has 0 amide bonds. The molecule has 0 saturated carbocycles. The average Bonchev–Trinajstić information content (AvgIpc) is 3.71. The minimum atomic E-state index is 0.177. The Morgan fingerprint density at radius 3 is 1.70 bits per heavy atom. The Hall–Kier alpha value is -3.76. The topological polar surface area (TPSA) is 153 Å². The van der Waals surface area contributed by atoms with Gasteiger partial charge in [0, 0.05) is 24.3 Å². The number of hydrogen-bond acceptors (Lipinski definition) is 6. The number of aromatic amines is 2. The summed E-state index contributed by atoms with van der Waals surface area (Å²) in [5.74, 6) is 2.67. The molecule has 0 radical (unpaired) electrons. The number of aromatic nitrogens is 4. The lowest BCUT2D eigenvalue weighted by atomic mass is 10.2. The number of ether oxygens (including phenoxy) is 2. The first-order chi connectivity index (χ1) is 18.1. The van der Waals surface area contributed by atoms with Crippen LogP contribution in [0.3, 0.4) is 0 Å². The van der Waals surface area contributed by atoms with Crippen LogP contribution in [-0.2, 0) is 15.9 Å². The predicted octanol–water partition coefficient (Wildman–Crippen LogP) is 2.80. The maximum absolute atomic E-state index is 6.24. The van der Waals surface area contributed by atoms with Gasteiger partial charge in [0.1, 0.15) is 23.3 Å². The van der Waals surface area contributed by atoms with Crippen LogP contribution in [-0.4, -0.2) is 70.1 Å². The second-order valence-electron chi connectivity index (χ2n) is 9.73. The van der Waals surface area contributed by atoms with Crippen molar-refractivity contribution in [3.8, 4) is 0 Å². The molecule has 2 aliphatic heterocycles. The van der Waals surface area contributed by atoms with Gasteiger partial charge in [-0.05, 0) is 62.1 Å². The van der Waals surface area contributed by atoms with Crippen molar-refractivity contribution in [1.29, 1.82) is 0 Å². The first-order valence-electron chi connectivity index (χ1n) is 12.9. The standard InChI is InChI=1S/C27H32N8O2/c28-26(30-14-18-3-1-9-36-18)16-5-7-20-22(11-16)34-24(32-20)13-25-33-21-8-6-17(12-23(21)35-25)27(29)31-15-19-4-2-10-37-19/h5-8,11-12,18-19H,1-4,9-10,13-15H2,(H2,28,30)(H2,29,31)(H,32,34)(H,33,35). The van der Waals surface area contributed by atoms with Crippen molar-refractivity contribution in [1.82, 2.24) is 19.9 Å². The molecule has 4 aromatic rings. The fraction of sp³-hybridized carbons (Fsp3) is 0.407. The molecule has 0 aliphatic carbocycles. The number of aliphatic imine (C=N–C) groups is 2. The van der Waals surface area contributed by atoms with Crippen molar-refractivity contribution in [2.75, 3.05) is 26.3 Å². The van der Waals surface area contributed by atoms with E-state index in [1.54, 1.807) is 0 Å². The smallest absolute Gasteiger partial charge is 0.125 e. The summed E-state index contributed by atoms with van der Waals surface area (Å²) in [4.78, 5) is 25.3. The highest BCUT2D eigenvalue weighted by Gasteiger charge is 2.16. The molecule has 4 heterocycles. The number of amidine groups is 2. The highest BCUT2D eigenvalue weighted by atomic mass is 16.5. The fourth-order valence-corrected chi connectivity index (χ4v) is 4.93. The van der Waals surface area contributed by atoms with Crippen LogP contribution in [0.5, 0.6) is 0 Å². The van der Waals surface area contributed by atoms with Gasteiger partial charge in [0.15, 0.2) is 0 Å². The van der Waals surface area contributed by atoms with E-state index in [9.17, 15) is 0 Å².